The van der Waals surface area contributed by atoms with Gasteiger partial charge in [-0.1, -0.05) is 44.2 Å². The Morgan fingerprint density at radius 3 is 2.04 bits per heavy atom. The highest BCUT2D eigenvalue weighted by Gasteiger charge is 2.42. The minimum atomic E-state index is -0.470. The number of hydrogen-bond acceptors (Lipinski definition) is 3. The van der Waals surface area contributed by atoms with E-state index in [0.717, 1.165) is 6.54 Å². The molecule has 0 saturated carbocycles. The third kappa shape index (κ3) is 4.97. The van der Waals surface area contributed by atoms with Crippen LogP contribution < -0.4 is 5.32 Å². The van der Waals surface area contributed by atoms with Gasteiger partial charge in [0.2, 0.25) is 0 Å². The summed E-state index contributed by atoms with van der Waals surface area (Å²) in [5, 5.41) is 3.13. The van der Waals surface area contributed by atoms with Gasteiger partial charge in [0.05, 0.1) is 0 Å². The van der Waals surface area contributed by atoms with Crippen LogP contribution in [0.5, 0.6) is 0 Å². The number of nitrogens with zero attached hydrogens (tertiary/aromatic N) is 1. The minimum absolute atomic E-state index is 0.117. The highest BCUT2D eigenvalue weighted by molar-refractivity contribution is 5.68. The summed E-state index contributed by atoms with van der Waals surface area (Å²) in [5.74, 6) is 0.699. The first-order valence-electron chi connectivity index (χ1n) is 9.39. The van der Waals surface area contributed by atoms with Crippen LogP contribution >= 0.6 is 0 Å². The molecule has 1 aliphatic rings. The Morgan fingerprint density at radius 2 is 1.56 bits per heavy atom. The summed E-state index contributed by atoms with van der Waals surface area (Å²) < 4.78 is 5.47. The molecule has 140 valence electrons. The Balaban J connectivity index is 2.09. The van der Waals surface area contributed by atoms with Crippen molar-refractivity contribution in [2.75, 3.05) is 0 Å². The monoisotopic (exact) mass is 346 g/mol. The van der Waals surface area contributed by atoms with Crippen molar-refractivity contribution >= 4 is 6.09 Å². The fourth-order valence-electron chi connectivity index (χ4n) is 3.84. The van der Waals surface area contributed by atoms with E-state index >= 15 is 0 Å². The summed E-state index contributed by atoms with van der Waals surface area (Å²) >= 11 is 0. The number of rotatable bonds is 3. The molecular formula is C21H34N2O2. The van der Waals surface area contributed by atoms with E-state index in [1.807, 2.05) is 20.8 Å². The average Bonchev–Trinajstić information content (AvgIpc) is 2.53. The molecule has 0 bridgehead atoms. The molecule has 1 aromatic rings. The molecule has 5 atom stereocenters. The number of alkyl carbamates (subject to hydrolysis) is 1. The number of piperidine rings is 1. The zero-order valence-corrected chi connectivity index (χ0v) is 16.7. The molecular weight excluding hydrogens is 312 g/mol. The maximum Gasteiger partial charge on any atom is 0.407 e. The molecule has 0 aromatic heterocycles. The van der Waals surface area contributed by atoms with Crippen LogP contribution in [0, 0.1) is 11.8 Å². The van der Waals surface area contributed by atoms with E-state index in [9.17, 15) is 4.79 Å². The highest BCUT2D eigenvalue weighted by Crippen LogP contribution is 2.33. The van der Waals surface area contributed by atoms with Crippen LogP contribution in [0.4, 0.5) is 4.79 Å². The standard InChI is InChI=1S/C21H34N2O2/c1-14-16(3)23(13-18-11-9-8-10-12-18)17(4)15(2)19(14)22-20(24)25-21(5,6)7/h8-12,14-17,19H,13H2,1-7H3,(H,22,24)/t14-,15+,16+,17-,19?. The van der Waals surface area contributed by atoms with Crippen LogP contribution in [0.15, 0.2) is 30.3 Å². The number of carbonyl (C=O) groups is 1. The molecule has 0 radical (unpaired) electrons. The van der Waals surface area contributed by atoms with Gasteiger partial charge in [0.25, 0.3) is 0 Å². The van der Waals surface area contributed by atoms with Gasteiger partial charge in [-0.25, -0.2) is 4.79 Å². The molecule has 1 heterocycles. The SMILES string of the molecule is C[C@@H]1C(NC(=O)OC(C)(C)C)[C@H](C)[C@H](C)N(Cc2ccccc2)[C@@H]1C. The van der Waals surface area contributed by atoms with Gasteiger partial charge in [0.1, 0.15) is 5.60 Å². The van der Waals surface area contributed by atoms with E-state index in [-0.39, 0.29) is 12.1 Å². The number of amides is 1. The van der Waals surface area contributed by atoms with Crippen molar-refractivity contribution in [3.8, 4) is 0 Å². The maximum atomic E-state index is 12.3. The summed E-state index contributed by atoms with van der Waals surface area (Å²) in [7, 11) is 0. The summed E-state index contributed by atoms with van der Waals surface area (Å²) in [6.45, 7) is 15.6. The molecule has 4 nitrogen and oxygen atoms in total. The van der Waals surface area contributed by atoms with E-state index in [4.69, 9.17) is 4.74 Å². The predicted octanol–water partition coefficient (Wildman–Crippen LogP) is 4.44. The summed E-state index contributed by atoms with van der Waals surface area (Å²) in [5.41, 5.74) is 0.862. The summed E-state index contributed by atoms with van der Waals surface area (Å²) in [4.78, 5) is 14.8. The highest BCUT2D eigenvalue weighted by atomic mass is 16.6. The van der Waals surface area contributed by atoms with Crippen LogP contribution in [-0.4, -0.2) is 34.7 Å². The minimum Gasteiger partial charge on any atom is -0.444 e. The topological polar surface area (TPSA) is 41.6 Å². The number of nitrogens with one attached hydrogen (secondary N) is 1. The fraction of sp³-hybridized carbons (Fsp3) is 0.667. The lowest BCUT2D eigenvalue weighted by Gasteiger charge is -2.50. The third-order valence-corrected chi connectivity index (χ3v) is 5.59. The van der Waals surface area contributed by atoms with Crippen molar-refractivity contribution in [1.82, 2.24) is 10.2 Å². The zero-order chi connectivity index (χ0) is 18.8. The molecule has 0 spiro atoms. The van der Waals surface area contributed by atoms with Crippen molar-refractivity contribution in [3.63, 3.8) is 0 Å². The molecule has 0 aliphatic carbocycles. The lowest BCUT2D eigenvalue weighted by Crippen LogP contribution is -2.62. The van der Waals surface area contributed by atoms with Gasteiger partial charge in [0.15, 0.2) is 0 Å². The van der Waals surface area contributed by atoms with Gasteiger partial charge in [0, 0.05) is 24.7 Å². The smallest absolute Gasteiger partial charge is 0.407 e. The number of benzene rings is 1. The van der Waals surface area contributed by atoms with Crippen molar-refractivity contribution in [2.24, 2.45) is 11.8 Å². The Kier molecular flexibility index (Phi) is 6.15. The van der Waals surface area contributed by atoms with Crippen LogP contribution in [0.2, 0.25) is 0 Å². The Labute approximate surface area is 152 Å². The van der Waals surface area contributed by atoms with Gasteiger partial charge in [-0.05, 0) is 52.0 Å². The maximum absolute atomic E-state index is 12.3. The first-order valence-corrected chi connectivity index (χ1v) is 9.39. The molecule has 2 rings (SSSR count). The van der Waals surface area contributed by atoms with E-state index in [1.54, 1.807) is 0 Å². The van der Waals surface area contributed by atoms with Crippen molar-refractivity contribution in [1.29, 1.82) is 0 Å². The van der Waals surface area contributed by atoms with Crippen LogP contribution in [-0.2, 0) is 11.3 Å². The molecule has 4 heteroatoms. The van der Waals surface area contributed by atoms with Gasteiger partial charge in [-0.15, -0.1) is 0 Å². The zero-order valence-electron chi connectivity index (χ0n) is 16.7. The second-order valence-electron chi connectivity index (χ2n) is 8.53. The molecule has 1 aromatic carbocycles. The van der Waals surface area contributed by atoms with Gasteiger partial charge < -0.3 is 10.1 Å². The van der Waals surface area contributed by atoms with E-state index < -0.39 is 5.60 Å². The fourth-order valence-corrected chi connectivity index (χ4v) is 3.84. The molecule has 1 fully saturated rings. The Bertz CT molecular complexity index is 551. The summed E-state index contributed by atoms with van der Waals surface area (Å²) in [6, 6.07) is 11.5. The largest absolute Gasteiger partial charge is 0.444 e. The molecule has 1 unspecified atom stereocenters. The number of carbonyl (C=O) groups excluding carboxylic acids is 1. The number of likely N-dealkylation sites (tertiary alicyclic amines) is 1. The van der Waals surface area contributed by atoms with Crippen molar-refractivity contribution < 1.29 is 9.53 Å². The molecule has 1 N–H and O–H groups in total. The molecule has 25 heavy (non-hydrogen) atoms. The van der Waals surface area contributed by atoms with Gasteiger partial charge >= 0.3 is 6.09 Å². The van der Waals surface area contributed by atoms with E-state index in [0.29, 0.717) is 23.9 Å². The van der Waals surface area contributed by atoms with Gasteiger partial charge in [-0.2, -0.15) is 0 Å². The summed E-state index contributed by atoms with van der Waals surface area (Å²) in [6.07, 6.45) is -0.313. The van der Waals surface area contributed by atoms with Gasteiger partial charge in [-0.3, -0.25) is 4.90 Å². The Hall–Kier alpha value is -1.55. The number of ether oxygens (including phenoxy) is 1. The normalized spacial score (nSPS) is 30.8. The average molecular weight is 347 g/mol. The molecule has 1 saturated heterocycles. The lowest BCUT2D eigenvalue weighted by atomic mass is 9.76. The van der Waals surface area contributed by atoms with Crippen LogP contribution in [0.1, 0.15) is 54.0 Å². The lowest BCUT2D eigenvalue weighted by molar-refractivity contribution is -0.0119. The second kappa shape index (κ2) is 7.77. The molecule has 1 amide bonds. The predicted molar refractivity (Wildman–Crippen MR) is 102 cm³/mol. The third-order valence-electron chi connectivity index (χ3n) is 5.59. The number of hydrogen-bond donors (Lipinski definition) is 1. The van der Waals surface area contributed by atoms with Crippen LogP contribution in [0.3, 0.4) is 0 Å². The quantitative estimate of drug-likeness (QED) is 0.879. The second-order valence-corrected chi connectivity index (χ2v) is 8.53. The van der Waals surface area contributed by atoms with Crippen molar-refractivity contribution in [2.45, 2.75) is 78.7 Å². The first kappa shape index (κ1) is 19.8. The first-order chi connectivity index (χ1) is 11.6. The van der Waals surface area contributed by atoms with Crippen LogP contribution in [0.25, 0.3) is 0 Å². The van der Waals surface area contributed by atoms with E-state index in [2.05, 4.69) is 68.2 Å². The van der Waals surface area contributed by atoms with Crippen molar-refractivity contribution in [3.05, 3.63) is 35.9 Å². The Morgan fingerprint density at radius 1 is 1.04 bits per heavy atom. The molecule has 1 aliphatic heterocycles. The van der Waals surface area contributed by atoms with E-state index in [1.165, 1.54) is 5.56 Å².